The fourth-order valence-electron chi connectivity index (χ4n) is 2.45. The van der Waals surface area contributed by atoms with Crippen molar-refractivity contribution in [3.63, 3.8) is 0 Å². The van der Waals surface area contributed by atoms with Crippen LogP contribution in [-0.4, -0.2) is 32.6 Å². The largest absolute Gasteiger partial charge is 0.482 e. The molecule has 1 aromatic carbocycles. The lowest BCUT2D eigenvalue weighted by atomic mass is 10.2. The third-order valence-electron chi connectivity index (χ3n) is 3.67. The van der Waals surface area contributed by atoms with Crippen molar-refractivity contribution in [1.82, 2.24) is 15.0 Å². The molecule has 0 saturated carbocycles. The van der Waals surface area contributed by atoms with Crippen molar-refractivity contribution in [3.05, 3.63) is 41.9 Å². The molecule has 0 aliphatic heterocycles. The minimum absolute atomic E-state index is 0.0930. The molecular weight excluding hydrogens is 366 g/mol. The van der Waals surface area contributed by atoms with Crippen molar-refractivity contribution in [2.75, 3.05) is 18.1 Å². The summed E-state index contributed by atoms with van der Waals surface area (Å²) in [6.07, 6.45) is 2.04. The van der Waals surface area contributed by atoms with E-state index in [2.05, 4.69) is 15.0 Å². The highest BCUT2D eigenvalue weighted by atomic mass is 16.5. The summed E-state index contributed by atoms with van der Waals surface area (Å²) in [5.74, 6) is 0.308. The van der Waals surface area contributed by atoms with Crippen LogP contribution in [0.1, 0.15) is 18.3 Å². The number of carboxylic acid groups (broad SMARTS) is 1. The van der Waals surface area contributed by atoms with Gasteiger partial charge in [-0.25, -0.2) is 14.8 Å². The normalized spacial score (nSPS) is 10.6. The Hall–Kier alpha value is -3.82. The van der Waals surface area contributed by atoms with Crippen molar-refractivity contribution in [1.29, 1.82) is 0 Å². The van der Waals surface area contributed by atoms with Crippen LogP contribution in [0.4, 0.5) is 11.8 Å². The number of aliphatic carboxylic acids is 1. The average molecular weight is 385 g/mol. The van der Waals surface area contributed by atoms with Gasteiger partial charge in [-0.1, -0.05) is 13.0 Å². The van der Waals surface area contributed by atoms with Gasteiger partial charge in [-0.2, -0.15) is 4.98 Å². The van der Waals surface area contributed by atoms with Gasteiger partial charge >= 0.3 is 5.97 Å². The van der Waals surface area contributed by atoms with Gasteiger partial charge in [0.2, 0.25) is 11.8 Å². The summed E-state index contributed by atoms with van der Waals surface area (Å²) in [5, 5.41) is 8.69. The number of aromatic nitrogens is 3. The van der Waals surface area contributed by atoms with Crippen LogP contribution in [0.15, 0.2) is 34.9 Å². The van der Waals surface area contributed by atoms with Gasteiger partial charge < -0.3 is 30.5 Å². The molecule has 0 amide bonds. The van der Waals surface area contributed by atoms with Crippen LogP contribution >= 0.6 is 0 Å². The van der Waals surface area contributed by atoms with Crippen molar-refractivity contribution in [3.8, 4) is 23.0 Å². The van der Waals surface area contributed by atoms with Crippen LogP contribution in [0.25, 0.3) is 11.5 Å². The molecule has 2 aromatic heterocycles. The number of anilines is 2. The molecule has 0 aliphatic rings. The number of ether oxygens (including phenoxy) is 2. The average Bonchev–Trinajstić information content (AvgIpc) is 3.14. The maximum Gasteiger partial charge on any atom is 0.341 e. The summed E-state index contributed by atoms with van der Waals surface area (Å²) >= 11 is 0. The molecule has 0 bridgehead atoms. The zero-order valence-corrected chi connectivity index (χ0v) is 15.1. The summed E-state index contributed by atoms with van der Waals surface area (Å²) in [4.78, 5) is 23.0. The van der Waals surface area contributed by atoms with Crippen LogP contribution < -0.4 is 20.9 Å². The monoisotopic (exact) mass is 385 g/mol. The molecule has 0 spiro atoms. The number of nitrogen functional groups attached to an aromatic ring is 2. The van der Waals surface area contributed by atoms with Crippen LogP contribution in [0, 0.1) is 0 Å². The van der Waals surface area contributed by atoms with Gasteiger partial charge in [-0.05, 0) is 24.6 Å². The smallest absolute Gasteiger partial charge is 0.341 e. The Labute approximate surface area is 160 Å². The molecule has 5 N–H and O–H groups in total. The summed E-state index contributed by atoms with van der Waals surface area (Å²) in [6, 6.07) is 6.77. The van der Waals surface area contributed by atoms with Crippen LogP contribution in [0.3, 0.4) is 0 Å². The molecule has 10 heteroatoms. The third kappa shape index (κ3) is 4.47. The summed E-state index contributed by atoms with van der Waals surface area (Å²) in [7, 11) is 0. The standard InChI is InChI=1S/C18H19N5O5/c1-2-13-15(16(19)23-18(20)22-13)27-7-11-8-28-17(21-11)10-4-3-5-12(6-10)26-9-14(24)25/h3-6,8H,2,7,9H2,1H3,(H,24,25)(H4,19,20,22,23). The van der Waals surface area contributed by atoms with E-state index in [4.69, 9.17) is 30.5 Å². The van der Waals surface area contributed by atoms with Gasteiger partial charge in [-0.3, -0.25) is 0 Å². The Morgan fingerprint density at radius 3 is 2.79 bits per heavy atom. The van der Waals surface area contributed by atoms with E-state index in [9.17, 15) is 4.79 Å². The van der Waals surface area contributed by atoms with E-state index in [1.165, 1.54) is 6.26 Å². The van der Waals surface area contributed by atoms with Gasteiger partial charge in [0, 0.05) is 5.56 Å². The lowest BCUT2D eigenvalue weighted by molar-refractivity contribution is -0.139. The van der Waals surface area contributed by atoms with Gasteiger partial charge in [0.25, 0.3) is 0 Å². The molecule has 0 unspecified atom stereocenters. The number of carbonyl (C=O) groups is 1. The highest BCUT2D eigenvalue weighted by Crippen LogP contribution is 2.27. The Balaban J connectivity index is 1.72. The lowest BCUT2D eigenvalue weighted by Gasteiger charge is -2.10. The van der Waals surface area contributed by atoms with E-state index in [-0.39, 0.29) is 18.4 Å². The Kier molecular flexibility index (Phi) is 5.58. The lowest BCUT2D eigenvalue weighted by Crippen LogP contribution is -2.09. The molecule has 146 valence electrons. The van der Waals surface area contributed by atoms with Crippen molar-refractivity contribution in [2.24, 2.45) is 0 Å². The molecule has 0 radical (unpaired) electrons. The van der Waals surface area contributed by atoms with Crippen molar-refractivity contribution in [2.45, 2.75) is 20.0 Å². The number of nitrogens with zero attached hydrogens (tertiary/aromatic N) is 3. The second kappa shape index (κ2) is 8.25. The second-order valence-electron chi connectivity index (χ2n) is 5.74. The predicted molar refractivity (Wildman–Crippen MR) is 99.6 cm³/mol. The number of rotatable bonds is 8. The predicted octanol–water partition coefficient (Wildman–Crippen LogP) is 1.90. The number of hydrogen-bond acceptors (Lipinski definition) is 9. The minimum atomic E-state index is -1.06. The van der Waals surface area contributed by atoms with Gasteiger partial charge in [0.15, 0.2) is 18.2 Å². The molecule has 28 heavy (non-hydrogen) atoms. The number of carboxylic acids is 1. The van der Waals surface area contributed by atoms with Crippen LogP contribution in [0.2, 0.25) is 0 Å². The zero-order valence-electron chi connectivity index (χ0n) is 15.1. The van der Waals surface area contributed by atoms with Crippen molar-refractivity contribution >= 4 is 17.7 Å². The van der Waals surface area contributed by atoms with E-state index in [0.29, 0.717) is 40.8 Å². The SMILES string of the molecule is CCc1nc(N)nc(N)c1OCc1coc(-c2cccc(OCC(=O)O)c2)n1. The number of aryl methyl sites for hydroxylation is 1. The van der Waals surface area contributed by atoms with E-state index in [0.717, 1.165) is 0 Å². The van der Waals surface area contributed by atoms with Gasteiger partial charge in [0.05, 0.1) is 5.69 Å². The third-order valence-corrected chi connectivity index (χ3v) is 3.67. The summed E-state index contributed by atoms with van der Waals surface area (Å²) in [6.45, 7) is 1.57. The molecule has 0 saturated heterocycles. The maximum absolute atomic E-state index is 10.6. The van der Waals surface area contributed by atoms with E-state index in [1.54, 1.807) is 24.3 Å². The molecule has 3 aromatic rings. The first kappa shape index (κ1) is 19.0. The summed E-state index contributed by atoms with van der Waals surface area (Å²) in [5.41, 5.74) is 13.2. The Morgan fingerprint density at radius 1 is 1.21 bits per heavy atom. The Bertz CT molecular complexity index is 988. The molecular formula is C18H19N5O5. The van der Waals surface area contributed by atoms with E-state index < -0.39 is 12.6 Å². The zero-order chi connectivity index (χ0) is 20.1. The quantitative estimate of drug-likeness (QED) is 0.522. The van der Waals surface area contributed by atoms with Crippen molar-refractivity contribution < 1.29 is 23.8 Å². The number of nitrogens with two attached hydrogens (primary N) is 2. The maximum atomic E-state index is 10.6. The Morgan fingerprint density at radius 2 is 2.04 bits per heavy atom. The molecule has 0 fully saturated rings. The van der Waals surface area contributed by atoms with Gasteiger partial charge in [0.1, 0.15) is 24.3 Å². The minimum Gasteiger partial charge on any atom is -0.482 e. The molecule has 3 rings (SSSR count). The number of benzene rings is 1. The molecule has 0 aliphatic carbocycles. The van der Waals surface area contributed by atoms with Gasteiger partial charge in [-0.15, -0.1) is 0 Å². The topological polar surface area (TPSA) is 160 Å². The first-order valence-electron chi connectivity index (χ1n) is 8.40. The first-order valence-corrected chi connectivity index (χ1v) is 8.40. The number of oxazole rings is 1. The number of hydrogen-bond donors (Lipinski definition) is 3. The van der Waals surface area contributed by atoms with E-state index in [1.807, 2.05) is 6.92 Å². The second-order valence-corrected chi connectivity index (χ2v) is 5.74. The van der Waals surface area contributed by atoms with Crippen LogP contribution in [0.5, 0.6) is 11.5 Å². The fraction of sp³-hybridized carbons (Fsp3) is 0.222. The molecule has 0 atom stereocenters. The highest BCUT2D eigenvalue weighted by molar-refractivity contribution is 5.68. The molecule has 2 heterocycles. The highest BCUT2D eigenvalue weighted by Gasteiger charge is 2.14. The van der Waals surface area contributed by atoms with Crippen LogP contribution in [-0.2, 0) is 17.8 Å². The fourth-order valence-corrected chi connectivity index (χ4v) is 2.45. The molecule has 10 nitrogen and oxygen atoms in total. The van der Waals surface area contributed by atoms with E-state index >= 15 is 0 Å². The summed E-state index contributed by atoms with van der Waals surface area (Å²) < 4.78 is 16.4. The first-order chi connectivity index (χ1) is 13.5.